The SMILES string of the molecule is COc1ccccc1C(=Nc1cc(SCC(F)(F)F)c(C)cc1F)N(C)C. The molecule has 0 fully saturated rings. The Morgan fingerprint density at radius 3 is 2.44 bits per heavy atom. The molecule has 2 aromatic carbocycles. The minimum Gasteiger partial charge on any atom is -0.496 e. The summed E-state index contributed by atoms with van der Waals surface area (Å²) in [5.74, 6) is -0.653. The summed E-state index contributed by atoms with van der Waals surface area (Å²) in [7, 11) is 5.01. The lowest BCUT2D eigenvalue weighted by molar-refractivity contribution is -0.105. The summed E-state index contributed by atoms with van der Waals surface area (Å²) in [6.45, 7) is 1.57. The lowest BCUT2D eigenvalue weighted by Crippen LogP contribution is -2.23. The number of alkyl halides is 3. The van der Waals surface area contributed by atoms with Crippen LogP contribution in [0, 0.1) is 12.7 Å². The lowest BCUT2D eigenvalue weighted by Gasteiger charge is -2.19. The summed E-state index contributed by atoms with van der Waals surface area (Å²) in [5.41, 5.74) is 1.05. The van der Waals surface area contributed by atoms with Crippen LogP contribution in [-0.4, -0.2) is 43.9 Å². The van der Waals surface area contributed by atoms with Crippen LogP contribution in [0.2, 0.25) is 0 Å². The van der Waals surface area contributed by atoms with E-state index in [1.165, 1.54) is 19.2 Å². The molecule has 0 saturated carbocycles. The van der Waals surface area contributed by atoms with E-state index < -0.39 is 17.7 Å². The maximum atomic E-state index is 14.4. The molecule has 0 N–H and O–H groups in total. The highest BCUT2D eigenvalue weighted by molar-refractivity contribution is 7.99. The van der Waals surface area contributed by atoms with E-state index in [-0.39, 0.29) is 5.69 Å². The van der Waals surface area contributed by atoms with Crippen LogP contribution >= 0.6 is 11.8 Å². The third-order valence-electron chi connectivity index (χ3n) is 3.63. The first kappa shape index (κ1) is 21.1. The van der Waals surface area contributed by atoms with Gasteiger partial charge < -0.3 is 9.64 Å². The van der Waals surface area contributed by atoms with Crippen molar-refractivity contribution in [2.75, 3.05) is 27.0 Å². The van der Waals surface area contributed by atoms with Crippen LogP contribution in [0.3, 0.4) is 0 Å². The minimum absolute atomic E-state index is 0.0279. The smallest absolute Gasteiger partial charge is 0.398 e. The van der Waals surface area contributed by atoms with Gasteiger partial charge in [0.1, 0.15) is 23.1 Å². The number of aliphatic imine (C=N–C) groups is 1. The van der Waals surface area contributed by atoms with Gasteiger partial charge in [-0.15, -0.1) is 11.8 Å². The second kappa shape index (κ2) is 8.65. The second-order valence-corrected chi connectivity index (χ2v) is 7.02. The highest BCUT2D eigenvalue weighted by Gasteiger charge is 2.27. The predicted octanol–water partition coefficient (Wildman–Crippen LogP) is 5.44. The van der Waals surface area contributed by atoms with Gasteiger partial charge in [0.15, 0.2) is 0 Å². The number of methoxy groups -OCH3 is 1. The van der Waals surface area contributed by atoms with Crippen LogP contribution in [0.15, 0.2) is 46.3 Å². The molecule has 146 valence electrons. The van der Waals surface area contributed by atoms with Crippen molar-refractivity contribution in [3.05, 3.63) is 53.3 Å². The molecule has 0 heterocycles. The Bertz CT molecular complexity index is 835. The predicted molar refractivity (Wildman–Crippen MR) is 101 cm³/mol. The number of hydrogen-bond acceptors (Lipinski definition) is 3. The topological polar surface area (TPSA) is 24.8 Å². The number of amidine groups is 1. The van der Waals surface area contributed by atoms with E-state index in [1.54, 1.807) is 50.2 Å². The maximum Gasteiger partial charge on any atom is 0.398 e. The Balaban J connectivity index is 2.50. The number of ether oxygens (including phenoxy) is 1. The standard InChI is InChI=1S/C19H20F4N2OS/c1-12-9-14(20)15(10-17(12)27-11-19(21,22)23)24-18(25(2)3)13-7-5-6-8-16(13)26-4/h5-10H,11H2,1-4H3. The average Bonchev–Trinajstić information content (AvgIpc) is 2.59. The van der Waals surface area contributed by atoms with Gasteiger partial charge >= 0.3 is 6.18 Å². The van der Waals surface area contributed by atoms with Gasteiger partial charge in [-0.25, -0.2) is 9.38 Å². The Morgan fingerprint density at radius 1 is 1.19 bits per heavy atom. The molecule has 0 aliphatic rings. The second-order valence-electron chi connectivity index (χ2n) is 6.00. The first-order valence-electron chi connectivity index (χ1n) is 8.01. The van der Waals surface area contributed by atoms with Crippen molar-refractivity contribution >= 4 is 23.3 Å². The van der Waals surface area contributed by atoms with Gasteiger partial charge in [-0.05, 0) is 36.8 Å². The van der Waals surface area contributed by atoms with Crippen LogP contribution in [0.5, 0.6) is 5.75 Å². The monoisotopic (exact) mass is 400 g/mol. The van der Waals surface area contributed by atoms with Crippen molar-refractivity contribution in [1.82, 2.24) is 4.90 Å². The summed E-state index contributed by atoms with van der Waals surface area (Å²) in [6.07, 6.45) is -4.30. The quantitative estimate of drug-likeness (QED) is 0.289. The van der Waals surface area contributed by atoms with Crippen LogP contribution in [0.25, 0.3) is 0 Å². The van der Waals surface area contributed by atoms with Gasteiger partial charge in [0, 0.05) is 19.0 Å². The number of benzene rings is 2. The summed E-state index contributed by atoms with van der Waals surface area (Å²) in [5, 5.41) is 0. The Hall–Kier alpha value is -2.22. The first-order valence-corrected chi connectivity index (χ1v) is 9.00. The van der Waals surface area contributed by atoms with Crippen LogP contribution < -0.4 is 4.74 Å². The van der Waals surface area contributed by atoms with Crippen molar-refractivity contribution in [1.29, 1.82) is 0 Å². The number of aryl methyl sites for hydroxylation is 1. The molecule has 3 nitrogen and oxygen atoms in total. The Kier molecular flexibility index (Phi) is 6.75. The van der Waals surface area contributed by atoms with Crippen LogP contribution in [0.1, 0.15) is 11.1 Å². The maximum absolute atomic E-state index is 14.4. The largest absolute Gasteiger partial charge is 0.496 e. The highest BCUT2D eigenvalue weighted by atomic mass is 32.2. The van der Waals surface area contributed by atoms with Gasteiger partial charge in [-0.3, -0.25) is 0 Å². The summed E-state index contributed by atoms with van der Waals surface area (Å²) in [6, 6.07) is 9.68. The zero-order valence-corrected chi connectivity index (χ0v) is 16.2. The first-order chi connectivity index (χ1) is 12.6. The third-order valence-corrected chi connectivity index (χ3v) is 4.86. The number of hydrogen-bond donors (Lipinski definition) is 0. The molecule has 0 atom stereocenters. The molecule has 0 bridgehead atoms. The number of thioether (sulfide) groups is 1. The number of nitrogens with zero attached hydrogens (tertiary/aromatic N) is 2. The van der Waals surface area contributed by atoms with Crippen molar-refractivity contribution < 1.29 is 22.3 Å². The molecule has 0 amide bonds. The lowest BCUT2D eigenvalue weighted by atomic mass is 10.1. The molecule has 0 aliphatic carbocycles. The summed E-state index contributed by atoms with van der Waals surface area (Å²) >= 11 is 0.617. The van der Waals surface area contributed by atoms with Crippen molar-refractivity contribution in [2.45, 2.75) is 18.0 Å². The van der Waals surface area contributed by atoms with E-state index >= 15 is 0 Å². The molecule has 2 aromatic rings. The fourth-order valence-electron chi connectivity index (χ4n) is 2.39. The van der Waals surface area contributed by atoms with E-state index in [2.05, 4.69) is 4.99 Å². The van der Waals surface area contributed by atoms with E-state index in [0.29, 0.717) is 39.4 Å². The van der Waals surface area contributed by atoms with Gasteiger partial charge in [-0.2, -0.15) is 13.2 Å². The molecule has 27 heavy (non-hydrogen) atoms. The van der Waals surface area contributed by atoms with Gasteiger partial charge in [0.2, 0.25) is 0 Å². The number of para-hydroxylation sites is 1. The minimum atomic E-state index is -4.30. The number of rotatable bonds is 5. The molecule has 0 aliphatic heterocycles. The molecular weight excluding hydrogens is 380 g/mol. The van der Waals surface area contributed by atoms with E-state index in [9.17, 15) is 17.6 Å². The van der Waals surface area contributed by atoms with Gasteiger partial charge in [0.25, 0.3) is 0 Å². The van der Waals surface area contributed by atoms with Gasteiger partial charge in [-0.1, -0.05) is 12.1 Å². The van der Waals surface area contributed by atoms with Crippen molar-refractivity contribution in [3.8, 4) is 5.75 Å². The zero-order chi connectivity index (χ0) is 20.2. The molecule has 0 spiro atoms. The third kappa shape index (κ3) is 5.63. The fourth-order valence-corrected chi connectivity index (χ4v) is 3.19. The molecule has 2 rings (SSSR count). The van der Waals surface area contributed by atoms with Crippen LogP contribution in [0.4, 0.5) is 23.2 Å². The summed E-state index contributed by atoms with van der Waals surface area (Å²) < 4.78 is 57.4. The molecule has 0 unspecified atom stereocenters. The Morgan fingerprint density at radius 2 is 1.85 bits per heavy atom. The zero-order valence-electron chi connectivity index (χ0n) is 15.4. The van der Waals surface area contributed by atoms with E-state index in [1.807, 2.05) is 0 Å². The molecule has 8 heteroatoms. The number of halogens is 4. The van der Waals surface area contributed by atoms with Crippen molar-refractivity contribution in [3.63, 3.8) is 0 Å². The van der Waals surface area contributed by atoms with E-state index in [4.69, 9.17) is 4.74 Å². The molecule has 0 saturated heterocycles. The molecular formula is C19H20F4N2OS. The van der Waals surface area contributed by atoms with Crippen molar-refractivity contribution in [2.24, 2.45) is 4.99 Å². The average molecular weight is 400 g/mol. The van der Waals surface area contributed by atoms with Gasteiger partial charge in [0.05, 0.1) is 18.4 Å². The summed E-state index contributed by atoms with van der Waals surface area (Å²) in [4.78, 5) is 6.41. The molecule has 0 aromatic heterocycles. The van der Waals surface area contributed by atoms with Crippen LogP contribution in [-0.2, 0) is 0 Å². The molecule has 0 radical (unpaired) electrons. The Labute approximate surface area is 160 Å². The fraction of sp³-hybridized carbons (Fsp3) is 0.316. The highest BCUT2D eigenvalue weighted by Crippen LogP contribution is 2.34. The van der Waals surface area contributed by atoms with E-state index in [0.717, 1.165) is 0 Å². The normalized spacial score (nSPS) is 12.2.